The molecule has 1 aromatic carbocycles. The quantitative estimate of drug-likeness (QED) is 0.838. The van der Waals surface area contributed by atoms with Gasteiger partial charge < -0.3 is 10.1 Å². The lowest BCUT2D eigenvalue weighted by molar-refractivity contribution is 0.0761. The van der Waals surface area contributed by atoms with Gasteiger partial charge in [-0.25, -0.2) is 0 Å². The summed E-state index contributed by atoms with van der Waals surface area (Å²) in [6.07, 6.45) is 3.92. The number of fused-ring (bicyclic) bond motifs is 2. The molecule has 1 saturated carbocycles. The van der Waals surface area contributed by atoms with Crippen molar-refractivity contribution >= 4 is 5.78 Å². The van der Waals surface area contributed by atoms with Crippen molar-refractivity contribution in [2.75, 3.05) is 13.2 Å². The van der Waals surface area contributed by atoms with Gasteiger partial charge in [-0.1, -0.05) is 18.6 Å². The maximum Gasteiger partial charge on any atom is 0.174 e. The molecule has 3 aliphatic rings. The highest BCUT2D eigenvalue weighted by atomic mass is 16.5. The molecule has 4 unspecified atom stereocenters. The zero-order chi connectivity index (χ0) is 12.8. The van der Waals surface area contributed by atoms with Crippen molar-refractivity contribution in [2.24, 2.45) is 17.8 Å². The van der Waals surface area contributed by atoms with Crippen molar-refractivity contribution in [1.82, 2.24) is 5.32 Å². The van der Waals surface area contributed by atoms with E-state index in [0.29, 0.717) is 18.6 Å². The Morgan fingerprint density at radius 1 is 1.21 bits per heavy atom. The Hall–Kier alpha value is -1.35. The summed E-state index contributed by atoms with van der Waals surface area (Å²) < 4.78 is 5.81. The van der Waals surface area contributed by atoms with E-state index >= 15 is 0 Å². The molecule has 1 aliphatic carbocycles. The number of nitrogens with one attached hydrogen (secondary N) is 1. The van der Waals surface area contributed by atoms with Gasteiger partial charge in [-0.15, -0.1) is 0 Å². The summed E-state index contributed by atoms with van der Waals surface area (Å²) in [7, 11) is 0. The third kappa shape index (κ3) is 1.71. The van der Waals surface area contributed by atoms with Crippen molar-refractivity contribution < 1.29 is 9.53 Å². The Kier molecular flexibility index (Phi) is 2.62. The molecule has 4 atom stereocenters. The fraction of sp³-hybridized carbons (Fsp3) is 0.562. The monoisotopic (exact) mass is 257 g/mol. The Labute approximate surface area is 113 Å². The largest absolute Gasteiger partial charge is 0.492 e. The minimum absolute atomic E-state index is 0.00278. The number of rotatable bonds is 1. The van der Waals surface area contributed by atoms with Gasteiger partial charge in [-0.3, -0.25) is 4.79 Å². The lowest BCUT2D eigenvalue weighted by Gasteiger charge is -2.31. The van der Waals surface area contributed by atoms with Crippen molar-refractivity contribution in [2.45, 2.75) is 25.3 Å². The summed E-state index contributed by atoms with van der Waals surface area (Å²) in [5, 5.41) is 3.59. The number of ether oxygens (including phenoxy) is 1. The van der Waals surface area contributed by atoms with Crippen molar-refractivity contribution in [1.29, 1.82) is 0 Å². The Morgan fingerprint density at radius 3 is 3.05 bits per heavy atom. The number of carbonyl (C=O) groups is 1. The van der Waals surface area contributed by atoms with E-state index < -0.39 is 0 Å². The fourth-order valence-corrected chi connectivity index (χ4v) is 4.19. The van der Waals surface area contributed by atoms with E-state index in [4.69, 9.17) is 4.74 Å². The van der Waals surface area contributed by atoms with Crippen LogP contribution in [-0.2, 0) is 0 Å². The topological polar surface area (TPSA) is 38.3 Å². The zero-order valence-corrected chi connectivity index (χ0v) is 11.0. The van der Waals surface area contributed by atoms with Crippen LogP contribution >= 0.6 is 0 Å². The molecule has 3 heteroatoms. The van der Waals surface area contributed by atoms with Crippen LogP contribution in [0.3, 0.4) is 0 Å². The highest BCUT2D eigenvalue weighted by Gasteiger charge is 2.46. The van der Waals surface area contributed by atoms with Gasteiger partial charge in [0.25, 0.3) is 0 Å². The maximum absolute atomic E-state index is 12.7. The molecule has 100 valence electrons. The van der Waals surface area contributed by atoms with Gasteiger partial charge in [0, 0.05) is 6.04 Å². The Bertz CT molecular complexity index is 513. The highest BCUT2D eigenvalue weighted by Crippen LogP contribution is 2.42. The average molecular weight is 257 g/mol. The number of para-hydroxylation sites is 1. The molecule has 2 heterocycles. The number of carbonyl (C=O) groups excluding carboxylic acids is 1. The van der Waals surface area contributed by atoms with Crippen molar-refractivity contribution in [3.05, 3.63) is 29.8 Å². The van der Waals surface area contributed by atoms with Crippen LogP contribution < -0.4 is 10.1 Å². The van der Waals surface area contributed by atoms with E-state index in [1.807, 2.05) is 24.3 Å². The summed E-state index contributed by atoms with van der Waals surface area (Å²) >= 11 is 0. The van der Waals surface area contributed by atoms with Crippen LogP contribution in [-0.4, -0.2) is 25.0 Å². The number of hydrogen-bond acceptors (Lipinski definition) is 3. The number of ketones is 1. The molecule has 4 rings (SSSR count). The molecule has 0 radical (unpaired) electrons. The second-order valence-corrected chi connectivity index (χ2v) is 6.07. The molecule has 0 amide bonds. The average Bonchev–Trinajstić information content (AvgIpc) is 3.03. The zero-order valence-electron chi connectivity index (χ0n) is 11.0. The lowest BCUT2D eigenvalue weighted by atomic mass is 9.81. The molecular weight excluding hydrogens is 238 g/mol. The molecule has 1 saturated heterocycles. The van der Waals surface area contributed by atoms with E-state index in [2.05, 4.69) is 5.32 Å². The van der Waals surface area contributed by atoms with Crippen LogP contribution in [0.4, 0.5) is 0 Å². The summed E-state index contributed by atoms with van der Waals surface area (Å²) in [5.74, 6) is 2.50. The minimum atomic E-state index is 0.00278. The molecule has 2 aliphatic heterocycles. The van der Waals surface area contributed by atoms with Gasteiger partial charge in [0.1, 0.15) is 5.75 Å². The van der Waals surface area contributed by atoms with Gasteiger partial charge in [-0.2, -0.15) is 0 Å². The van der Waals surface area contributed by atoms with Crippen molar-refractivity contribution in [3.63, 3.8) is 0 Å². The van der Waals surface area contributed by atoms with Gasteiger partial charge >= 0.3 is 0 Å². The molecule has 19 heavy (non-hydrogen) atoms. The first-order valence-corrected chi connectivity index (χ1v) is 7.34. The summed E-state index contributed by atoms with van der Waals surface area (Å²) in [4.78, 5) is 12.7. The SMILES string of the molecule is O=C1c2ccccc2OCC1C1NCC2CCCC21. The molecule has 0 spiro atoms. The minimum Gasteiger partial charge on any atom is -0.492 e. The molecule has 2 fully saturated rings. The Balaban J connectivity index is 1.62. The maximum atomic E-state index is 12.7. The third-order valence-corrected chi connectivity index (χ3v) is 5.14. The van der Waals surface area contributed by atoms with Crippen LogP contribution in [0, 0.1) is 17.8 Å². The normalized spacial score (nSPS) is 36.7. The van der Waals surface area contributed by atoms with E-state index in [1.165, 1.54) is 19.3 Å². The van der Waals surface area contributed by atoms with Crippen LogP contribution in [0.5, 0.6) is 5.75 Å². The van der Waals surface area contributed by atoms with Gasteiger partial charge in [0.05, 0.1) is 18.1 Å². The lowest BCUT2D eigenvalue weighted by Crippen LogP contribution is -2.44. The van der Waals surface area contributed by atoms with Gasteiger partial charge in [0.15, 0.2) is 5.78 Å². The molecule has 0 bridgehead atoms. The fourth-order valence-electron chi connectivity index (χ4n) is 4.19. The third-order valence-electron chi connectivity index (χ3n) is 5.14. The van der Waals surface area contributed by atoms with Crippen LogP contribution in [0.15, 0.2) is 24.3 Å². The molecule has 1 N–H and O–H groups in total. The molecule has 0 aromatic heterocycles. The smallest absolute Gasteiger partial charge is 0.174 e. The highest BCUT2D eigenvalue weighted by molar-refractivity contribution is 6.01. The summed E-state index contributed by atoms with van der Waals surface area (Å²) in [5.41, 5.74) is 0.766. The van der Waals surface area contributed by atoms with Crippen LogP contribution in [0.1, 0.15) is 29.6 Å². The predicted molar refractivity (Wildman–Crippen MR) is 72.4 cm³/mol. The molecular formula is C16H19NO2. The second-order valence-electron chi connectivity index (χ2n) is 6.07. The Morgan fingerprint density at radius 2 is 2.11 bits per heavy atom. The second kappa shape index (κ2) is 4.34. The van der Waals surface area contributed by atoms with Gasteiger partial charge in [0.2, 0.25) is 0 Å². The van der Waals surface area contributed by atoms with E-state index in [-0.39, 0.29) is 11.7 Å². The number of benzene rings is 1. The van der Waals surface area contributed by atoms with Gasteiger partial charge in [-0.05, 0) is 43.4 Å². The summed E-state index contributed by atoms with van der Waals surface area (Å²) in [6.45, 7) is 1.62. The summed E-state index contributed by atoms with van der Waals surface area (Å²) in [6, 6.07) is 7.96. The first-order chi connectivity index (χ1) is 9.34. The van der Waals surface area contributed by atoms with E-state index in [1.54, 1.807) is 0 Å². The standard InChI is InChI=1S/C16H19NO2/c18-16-12-5-1-2-7-14(12)19-9-13(16)15-11-6-3-4-10(11)8-17-15/h1-2,5,7,10-11,13,15,17H,3-4,6,8-9H2. The van der Waals surface area contributed by atoms with Crippen molar-refractivity contribution in [3.8, 4) is 5.75 Å². The first-order valence-electron chi connectivity index (χ1n) is 7.34. The van der Waals surface area contributed by atoms with Crippen LogP contribution in [0.2, 0.25) is 0 Å². The predicted octanol–water partition coefficient (Wildman–Crippen LogP) is 2.27. The molecule has 3 nitrogen and oxygen atoms in total. The number of Topliss-reactive ketones (excluding diaryl/α,β-unsaturated/α-hetero) is 1. The van der Waals surface area contributed by atoms with E-state index in [0.717, 1.165) is 23.8 Å². The molecule has 1 aromatic rings. The van der Waals surface area contributed by atoms with Crippen LogP contribution in [0.25, 0.3) is 0 Å². The first kappa shape index (κ1) is 11.5. The number of hydrogen-bond donors (Lipinski definition) is 1. The van der Waals surface area contributed by atoms with E-state index in [9.17, 15) is 4.79 Å².